The zero-order chi connectivity index (χ0) is 21.3. The molecule has 0 aliphatic rings. The first-order valence-corrected chi connectivity index (χ1v) is 11.5. The highest BCUT2D eigenvalue weighted by Crippen LogP contribution is 2.29. The summed E-state index contributed by atoms with van der Waals surface area (Å²) in [6, 6.07) is 9.16. The summed E-state index contributed by atoms with van der Waals surface area (Å²) >= 11 is 1.47. The van der Waals surface area contributed by atoms with Gasteiger partial charge in [-0.15, -0.1) is 0 Å². The molecule has 29 heavy (non-hydrogen) atoms. The van der Waals surface area contributed by atoms with Crippen molar-refractivity contribution in [3.05, 3.63) is 46.9 Å². The summed E-state index contributed by atoms with van der Waals surface area (Å²) in [5, 5.41) is 10.2. The SMILES string of the molecule is CCn1c(CSc2nc(C)cc(C)c2C#N)nc2cc(S(=O)(=O)N(C)C)ccc21. The zero-order valence-electron chi connectivity index (χ0n) is 17.1. The molecule has 0 amide bonds. The summed E-state index contributed by atoms with van der Waals surface area (Å²) in [7, 11) is -0.500. The molecule has 0 radical (unpaired) electrons. The molecule has 0 spiro atoms. The van der Waals surface area contributed by atoms with Crippen molar-refractivity contribution in [2.24, 2.45) is 0 Å². The van der Waals surface area contributed by atoms with Crippen molar-refractivity contribution in [2.45, 2.75) is 43.0 Å². The summed E-state index contributed by atoms with van der Waals surface area (Å²) < 4.78 is 28.1. The van der Waals surface area contributed by atoms with Crippen LogP contribution in [-0.2, 0) is 22.3 Å². The lowest BCUT2D eigenvalue weighted by atomic mass is 10.1. The third-order valence-electron chi connectivity index (χ3n) is 4.65. The van der Waals surface area contributed by atoms with E-state index in [1.54, 1.807) is 18.2 Å². The molecule has 0 bridgehead atoms. The van der Waals surface area contributed by atoms with Gasteiger partial charge in [0.15, 0.2) is 0 Å². The summed E-state index contributed by atoms with van der Waals surface area (Å²) in [6.07, 6.45) is 0. The normalized spacial score (nSPS) is 11.9. The van der Waals surface area contributed by atoms with E-state index in [9.17, 15) is 13.7 Å². The number of sulfonamides is 1. The number of pyridine rings is 1. The Morgan fingerprint density at radius 1 is 1.21 bits per heavy atom. The van der Waals surface area contributed by atoms with E-state index in [0.29, 0.717) is 28.4 Å². The quantitative estimate of drug-likeness (QED) is 0.557. The van der Waals surface area contributed by atoms with E-state index in [1.807, 2.05) is 26.8 Å². The van der Waals surface area contributed by atoms with Crippen LogP contribution in [0.3, 0.4) is 0 Å². The van der Waals surface area contributed by atoms with Gasteiger partial charge in [-0.2, -0.15) is 5.26 Å². The Hall–Kier alpha value is -2.41. The first-order valence-electron chi connectivity index (χ1n) is 9.11. The Morgan fingerprint density at radius 3 is 2.55 bits per heavy atom. The van der Waals surface area contributed by atoms with Crippen molar-refractivity contribution in [3.63, 3.8) is 0 Å². The second-order valence-corrected chi connectivity index (χ2v) is 9.99. The highest BCUT2D eigenvalue weighted by atomic mass is 32.2. The van der Waals surface area contributed by atoms with Crippen molar-refractivity contribution in [1.29, 1.82) is 5.26 Å². The van der Waals surface area contributed by atoms with E-state index in [4.69, 9.17) is 0 Å². The number of hydrogen-bond donors (Lipinski definition) is 0. The average Bonchev–Trinajstić information content (AvgIpc) is 3.02. The Balaban J connectivity index is 2.00. The smallest absolute Gasteiger partial charge is 0.242 e. The van der Waals surface area contributed by atoms with Crippen molar-refractivity contribution >= 4 is 32.8 Å². The molecule has 0 N–H and O–H groups in total. The van der Waals surface area contributed by atoms with Gasteiger partial charge in [-0.25, -0.2) is 22.7 Å². The van der Waals surface area contributed by atoms with Gasteiger partial charge in [0.1, 0.15) is 16.9 Å². The fourth-order valence-electron chi connectivity index (χ4n) is 3.17. The van der Waals surface area contributed by atoms with Crippen molar-refractivity contribution in [3.8, 4) is 6.07 Å². The van der Waals surface area contributed by atoms with Crippen LogP contribution in [0.1, 0.15) is 29.6 Å². The lowest BCUT2D eigenvalue weighted by Crippen LogP contribution is -2.22. The molecule has 2 heterocycles. The van der Waals surface area contributed by atoms with Crippen LogP contribution >= 0.6 is 11.8 Å². The van der Waals surface area contributed by atoms with E-state index in [0.717, 1.165) is 22.6 Å². The Morgan fingerprint density at radius 2 is 1.93 bits per heavy atom. The van der Waals surface area contributed by atoms with E-state index >= 15 is 0 Å². The van der Waals surface area contributed by atoms with Crippen LogP contribution in [0, 0.1) is 25.2 Å². The predicted octanol–water partition coefficient (Wildman–Crippen LogP) is 3.48. The van der Waals surface area contributed by atoms with Gasteiger partial charge in [0.25, 0.3) is 0 Å². The Labute approximate surface area is 175 Å². The number of hydrogen-bond acceptors (Lipinski definition) is 6. The molecule has 3 rings (SSSR count). The van der Waals surface area contributed by atoms with Crippen LogP contribution in [0.25, 0.3) is 11.0 Å². The number of benzene rings is 1. The minimum Gasteiger partial charge on any atom is -0.328 e. The fraction of sp³-hybridized carbons (Fsp3) is 0.350. The average molecular weight is 430 g/mol. The van der Waals surface area contributed by atoms with Crippen LogP contribution in [0.2, 0.25) is 0 Å². The molecule has 0 saturated carbocycles. The molecule has 0 fully saturated rings. The van der Waals surface area contributed by atoms with Gasteiger partial charge in [-0.05, 0) is 50.6 Å². The Bertz CT molecular complexity index is 1220. The maximum atomic E-state index is 12.4. The molecule has 0 aliphatic carbocycles. The van der Waals surface area contributed by atoms with Crippen molar-refractivity contribution < 1.29 is 8.42 Å². The number of nitrogens with zero attached hydrogens (tertiary/aromatic N) is 5. The van der Waals surface area contributed by atoms with Gasteiger partial charge in [0.05, 0.1) is 27.2 Å². The van der Waals surface area contributed by atoms with Crippen LogP contribution in [0.4, 0.5) is 0 Å². The molecule has 3 aromatic rings. The highest BCUT2D eigenvalue weighted by molar-refractivity contribution is 7.98. The van der Waals surface area contributed by atoms with Crippen molar-refractivity contribution in [1.82, 2.24) is 18.8 Å². The number of imidazole rings is 1. The first kappa shape index (κ1) is 21.3. The second kappa shape index (κ2) is 8.14. The lowest BCUT2D eigenvalue weighted by molar-refractivity contribution is 0.521. The van der Waals surface area contributed by atoms with Gasteiger partial charge in [-0.3, -0.25) is 0 Å². The topological polar surface area (TPSA) is 91.9 Å². The van der Waals surface area contributed by atoms with Gasteiger partial charge in [0.2, 0.25) is 10.0 Å². The number of fused-ring (bicyclic) bond motifs is 1. The van der Waals surface area contributed by atoms with Gasteiger partial charge in [0, 0.05) is 26.3 Å². The molecule has 9 heteroatoms. The molecular weight excluding hydrogens is 406 g/mol. The van der Waals surface area contributed by atoms with Crippen LogP contribution in [0.5, 0.6) is 0 Å². The van der Waals surface area contributed by atoms with E-state index in [-0.39, 0.29) is 4.90 Å². The molecule has 2 aromatic heterocycles. The summed E-state index contributed by atoms with van der Waals surface area (Å²) in [6.45, 7) is 6.55. The van der Waals surface area contributed by atoms with Gasteiger partial charge < -0.3 is 4.57 Å². The summed E-state index contributed by atoms with van der Waals surface area (Å²) in [4.78, 5) is 9.41. The molecule has 1 aromatic carbocycles. The van der Waals surface area contributed by atoms with Crippen LogP contribution in [-0.4, -0.2) is 41.4 Å². The van der Waals surface area contributed by atoms with Crippen LogP contribution < -0.4 is 0 Å². The summed E-state index contributed by atoms with van der Waals surface area (Å²) in [5.41, 5.74) is 3.88. The van der Waals surface area contributed by atoms with Crippen LogP contribution in [0.15, 0.2) is 34.2 Å². The molecule has 0 aliphatic heterocycles. The third-order valence-corrected chi connectivity index (χ3v) is 7.44. The molecular formula is C20H23N5O2S2. The number of aromatic nitrogens is 3. The largest absolute Gasteiger partial charge is 0.328 e. The Kier molecular flexibility index (Phi) is 5.98. The van der Waals surface area contributed by atoms with Crippen molar-refractivity contribution in [2.75, 3.05) is 14.1 Å². The minimum absolute atomic E-state index is 0.220. The number of thioether (sulfide) groups is 1. The fourth-order valence-corrected chi connectivity index (χ4v) is 5.14. The molecule has 0 saturated heterocycles. The maximum Gasteiger partial charge on any atom is 0.242 e. The number of rotatable bonds is 6. The maximum absolute atomic E-state index is 12.4. The lowest BCUT2D eigenvalue weighted by Gasteiger charge is -2.11. The van der Waals surface area contributed by atoms with Gasteiger partial charge in [-0.1, -0.05) is 11.8 Å². The second-order valence-electron chi connectivity index (χ2n) is 6.87. The monoisotopic (exact) mass is 429 g/mol. The van der Waals surface area contributed by atoms with E-state index < -0.39 is 10.0 Å². The summed E-state index contributed by atoms with van der Waals surface area (Å²) in [5.74, 6) is 1.35. The van der Waals surface area contributed by atoms with E-state index in [1.165, 1.54) is 30.2 Å². The first-order chi connectivity index (χ1) is 13.7. The van der Waals surface area contributed by atoms with E-state index in [2.05, 4.69) is 20.6 Å². The standard InChI is InChI=1S/C20H23N5O2S2/c1-6-25-18-8-7-15(29(26,27)24(4)5)10-17(18)23-19(25)12-28-20-16(11-21)13(2)9-14(3)22-20/h7-10H,6,12H2,1-5H3. The number of nitriles is 1. The molecule has 0 unspecified atom stereocenters. The van der Waals surface area contributed by atoms with Gasteiger partial charge >= 0.3 is 0 Å². The molecule has 152 valence electrons. The highest BCUT2D eigenvalue weighted by Gasteiger charge is 2.20. The molecule has 0 atom stereocenters. The minimum atomic E-state index is -3.52. The zero-order valence-corrected chi connectivity index (χ0v) is 18.7. The number of aryl methyl sites for hydroxylation is 3. The third kappa shape index (κ3) is 4.01. The predicted molar refractivity (Wildman–Crippen MR) is 114 cm³/mol. The molecule has 7 nitrogen and oxygen atoms in total.